The van der Waals surface area contributed by atoms with E-state index in [4.69, 9.17) is 9.84 Å². The molecular weight excluding hydrogens is 330 g/mol. The van der Waals surface area contributed by atoms with Crippen molar-refractivity contribution >= 4 is 17.6 Å². The molecule has 1 saturated carbocycles. The molecule has 1 heterocycles. The number of carbonyl (C=O) groups excluding carboxylic acids is 1. The number of carboxylic acid groups (broad SMARTS) is 1. The molecule has 2 aliphatic rings. The molecular formula is C21H21NO4. The van der Waals surface area contributed by atoms with E-state index in [1.54, 1.807) is 0 Å². The largest absolute Gasteiger partial charge is 0.493 e. The van der Waals surface area contributed by atoms with Crippen molar-refractivity contribution in [1.82, 2.24) is 0 Å². The standard InChI is InChI=1S/C21H21NO4/c23-20(16-4-5-17(11-16)21(24)25)22-18-3-1-2-13(12-18)14-6-7-19-15(10-14)8-9-26-19/h1-3,6-7,10,12,16-17H,4-5,8-9,11H2,(H,22,23)(H,24,25)/t16-,17+/m0/s1. The maximum Gasteiger partial charge on any atom is 0.306 e. The maximum atomic E-state index is 12.5. The van der Waals surface area contributed by atoms with Gasteiger partial charge in [-0.2, -0.15) is 0 Å². The topological polar surface area (TPSA) is 75.6 Å². The highest BCUT2D eigenvalue weighted by Crippen LogP contribution is 2.33. The maximum absolute atomic E-state index is 12.5. The van der Waals surface area contributed by atoms with E-state index in [-0.39, 0.29) is 11.8 Å². The third kappa shape index (κ3) is 3.29. The van der Waals surface area contributed by atoms with E-state index >= 15 is 0 Å². The first-order chi connectivity index (χ1) is 12.6. The Bertz CT molecular complexity index is 861. The van der Waals surface area contributed by atoms with Crippen LogP contribution in [0.15, 0.2) is 42.5 Å². The monoisotopic (exact) mass is 351 g/mol. The van der Waals surface area contributed by atoms with Gasteiger partial charge in [-0.1, -0.05) is 18.2 Å². The zero-order valence-corrected chi connectivity index (χ0v) is 14.4. The van der Waals surface area contributed by atoms with Crippen molar-refractivity contribution in [3.05, 3.63) is 48.0 Å². The molecule has 1 fully saturated rings. The van der Waals surface area contributed by atoms with E-state index in [1.165, 1.54) is 5.56 Å². The van der Waals surface area contributed by atoms with Crippen molar-refractivity contribution in [2.45, 2.75) is 25.7 Å². The van der Waals surface area contributed by atoms with Gasteiger partial charge in [-0.15, -0.1) is 0 Å². The van der Waals surface area contributed by atoms with Crippen LogP contribution < -0.4 is 10.1 Å². The molecule has 1 amide bonds. The molecule has 0 saturated heterocycles. The Morgan fingerprint density at radius 2 is 1.85 bits per heavy atom. The van der Waals surface area contributed by atoms with Crippen molar-refractivity contribution in [3.8, 4) is 16.9 Å². The lowest BCUT2D eigenvalue weighted by Crippen LogP contribution is -2.21. The lowest BCUT2D eigenvalue weighted by Gasteiger charge is -2.12. The summed E-state index contributed by atoms with van der Waals surface area (Å²) in [5, 5.41) is 12.0. The first kappa shape index (κ1) is 16.6. The summed E-state index contributed by atoms with van der Waals surface area (Å²) >= 11 is 0. The fraction of sp³-hybridized carbons (Fsp3) is 0.333. The van der Waals surface area contributed by atoms with Gasteiger partial charge < -0.3 is 15.2 Å². The molecule has 2 aromatic rings. The van der Waals surface area contributed by atoms with Crippen molar-refractivity contribution in [2.75, 3.05) is 11.9 Å². The molecule has 1 aliphatic carbocycles. The summed E-state index contributed by atoms with van der Waals surface area (Å²) in [6.07, 6.45) is 2.55. The van der Waals surface area contributed by atoms with Crippen molar-refractivity contribution in [2.24, 2.45) is 11.8 Å². The number of carbonyl (C=O) groups is 2. The molecule has 0 unspecified atom stereocenters. The van der Waals surface area contributed by atoms with Crippen LogP contribution in [0.3, 0.4) is 0 Å². The Kier molecular flexibility index (Phi) is 4.37. The van der Waals surface area contributed by atoms with Crippen LogP contribution in [0, 0.1) is 11.8 Å². The molecule has 0 spiro atoms. The second-order valence-electron chi connectivity index (χ2n) is 7.04. The molecule has 26 heavy (non-hydrogen) atoms. The van der Waals surface area contributed by atoms with Gasteiger partial charge in [0.05, 0.1) is 12.5 Å². The summed E-state index contributed by atoms with van der Waals surface area (Å²) in [7, 11) is 0. The number of fused-ring (bicyclic) bond motifs is 1. The highest BCUT2D eigenvalue weighted by Gasteiger charge is 2.33. The molecule has 1 aliphatic heterocycles. The first-order valence-corrected chi connectivity index (χ1v) is 9.00. The number of ether oxygens (including phenoxy) is 1. The smallest absolute Gasteiger partial charge is 0.306 e. The van der Waals surface area contributed by atoms with Gasteiger partial charge in [-0.25, -0.2) is 0 Å². The first-order valence-electron chi connectivity index (χ1n) is 9.00. The fourth-order valence-electron chi connectivity index (χ4n) is 3.83. The van der Waals surface area contributed by atoms with Gasteiger partial charge in [-0.05, 0) is 60.2 Å². The minimum absolute atomic E-state index is 0.0896. The second-order valence-corrected chi connectivity index (χ2v) is 7.04. The molecule has 0 bridgehead atoms. The molecule has 0 aromatic heterocycles. The van der Waals surface area contributed by atoms with Gasteiger partial charge >= 0.3 is 5.97 Å². The predicted molar refractivity (Wildman–Crippen MR) is 98.2 cm³/mol. The van der Waals surface area contributed by atoms with Gasteiger partial charge in [0, 0.05) is 18.0 Å². The number of amides is 1. The molecule has 2 atom stereocenters. The van der Waals surface area contributed by atoms with Crippen LogP contribution in [-0.2, 0) is 16.0 Å². The summed E-state index contributed by atoms with van der Waals surface area (Å²) in [5.41, 5.74) is 4.08. The van der Waals surface area contributed by atoms with Crippen molar-refractivity contribution < 1.29 is 19.4 Å². The van der Waals surface area contributed by atoms with Crippen molar-refractivity contribution in [3.63, 3.8) is 0 Å². The molecule has 5 heteroatoms. The number of rotatable bonds is 4. The van der Waals surface area contributed by atoms with E-state index < -0.39 is 11.9 Å². The quantitative estimate of drug-likeness (QED) is 0.880. The number of aliphatic carboxylic acids is 1. The Morgan fingerprint density at radius 1 is 1.04 bits per heavy atom. The van der Waals surface area contributed by atoms with Crippen LogP contribution in [0.25, 0.3) is 11.1 Å². The Morgan fingerprint density at radius 3 is 2.65 bits per heavy atom. The minimum atomic E-state index is -0.803. The average molecular weight is 351 g/mol. The molecule has 0 radical (unpaired) electrons. The normalized spacial score (nSPS) is 21.1. The highest BCUT2D eigenvalue weighted by atomic mass is 16.5. The zero-order valence-electron chi connectivity index (χ0n) is 14.4. The van der Waals surface area contributed by atoms with Gasteiger partial charge in [0.2, 0.25) is 5.91 Å². The number of benzene rings is 2. The number of hydrogen-bond donors (Lipinski definition) is 2. The molecule has 134 valence electrons. The van der Waals surface area contributed by atoms with E-state index in [0.717, 1.165) is 35.6 Å². The predicted octanol–water partition coefficient (Wildman–Crippen LogP) is 3.73. The summed E-state index contributed by atoms with van der Waals surface area (Å²) < 4.78 is 5.55. The van der Waals surface area contributed by atoms with Crippen LogP contribution in [0.5, 0.6) is 5.75 Å². The average Bonchev–Trinajstić information content (AvgIpc) is 3.31. The van der Waals surface area contributed by atoms with Crippen LogP contribution in [0.2, 0.25) is 0 Å². The number of nitrogens with one attached hydrogen (secondary N) is 1. The second kappa shape index (κ2) is 6.83. The Balaban J connectivity index is 1.48. The Hall–Kier alpha value is -2.82. The molecule has 5 nitrogen and oxygen atoms in total. The summed E-state index contributed by atoms with van der Waals surface area (Å²) in [6.45, 7) is 0.730. The van der Waals surface area contributed by atoms with Crippen LogP contribution in [-0.4, -0.2) is 23.6 Å². The van der Waals surface area contributed by atoms with Crippen LogP contribution in [0.1, 0.15) is 24.8 Å². The number of anilines is 1. The Labute approximate surface area is 152 Å². The summed E-state index contributed by atoms with van der Waals surface area (Å²) in [5.74, 6) is -0.564. The minimum Gasteiger partial charge on any atom is -0.493 e. The van der Waals surface area contributed by atoms with Crippen LogP contribution in [0.4, 0.5) is 5.69 Å². The van der Waals surface area contributed by atoms with Crippen molar-refractivity contribution in [1.29, 1.82) is 0 Å². The fourth-order valence-corrected chi connectivity index (χ4v) is 3.83. The van der Waals surface area contributed by atoms with E-state index in [2.05, 4.69) is 11.4 Å². The summed E-state index contributed by atoms with van der Waals surface area (Å²) in [4.78, 5) is 23.5. The van der Waals surface area contributed by atoms with Gasteiger partial charge in [0.25, 0.3) is 0 Å². The lowest BCUT2D eigenvalue weighted by molar-refractivity contribution is -0.141. The molecule has 4 rings (SSSR count). The van der Waals surface area contributed by atoms with Gasteiger partial charge in [0.15, 0.2) is 0 Å². The molecule has 2 aromatic carbocycles. The highest BCUT2D eigenvalue weighted by molar-refractivity contribution is 5.94. The van der Waals surface area contributed by atoms with Gasteiger partial charge in [0.1, 0.15) is 5.75 Å². The zero-order chi connectivity index (χ0) is 18.1. The van der Waals surface area contributed by atoms with E-state index in [0.29, 0.717) is 19.3 Å². The van der Waals surface area contributed by atoms with E-state index in [9.17, 15) is 9.59 Å². The number of carboxylic acids is 1. The molecule has 2 N–H and O–H groups in total. The third-order valence-electron chi connectivity index (χ3n) is 5.31. The summed E-state index contributed by atoms with van der Waals surface area (Å²) in [6, 6.07) is 13.9. The lowest BCUT2D eigenvalue weighted by atomic mass is 10.0. The SMILES string of the molecule is O=C(O)[C@@H]1CC[C@H](C(=O)Nc2cccc(-c3ccc4c(c3)CCO4)c2)C1. The van der Waals surface area contributed by atoms with Crippen LogP contribution >= 0.6 is 0 Å². The van der Waals surface area contributed by atoms with E-state index in [1.807, 2.05) is 36.4 Å². The third-order valence-corrected chi connectivity index (χ3v) is 5.31. The van der Waals surface area contributed by atoms with Gasteiger partial charge in [-0.3, -0.25) is 9.59 Å². The number of hydrogen-bond acceptors (Lipinski definition) is 3.